The molecule has 13 heteroatoms. The fourth-order valence-corrected chi connectivity index (χ4v) is 6.61. The van der Waals surface area contributed by atoms with E-state index in [1.54, 1.807) is 0 Å². The third kappa shape index (κ3) is 15.8. The van der Waals surface area contributed by atoms with Gasteiger partial charge >= 0.3 is 0 Å². The number of nitrogens with zero attached hydrogens (tertiary/aromatic N) is 2. The van der Waals surface area contributed by atoms with E-state index < -0.39 is 0 Å². The fourth-order valence-electron chi connectivity index (χ4n) is 6.61. The summed E-state index contributed by atoms with van der Waals surface area (Å²) in [6.07, 6.45) is 7.45. The summed E-state index contributed by atoms with van der Waals surface area (Å²) in [5.74, 6) is 1.43. The number of para-hydroxylation sites is 1. The van der Waals surface area contributed by atoms with Gasteiger partial charge in [0.15, 0.2) is 5.82 Å². The highest BCUT2D eigenvalue weighted by atomic mass is 16.6. The Hall–Kier alpha value is -4.95. The van der Waals surface area contributed by atoms with E-state index in [1.165, 1.54) is 11.1 Å². The third-order valence-corrected chi connectivity index (χ3v) is 9.74. The standard InChI is InChI=1S/C45H60N6O7/c1-2-3-15-41(52)47-23-25-56-27-29-58-31-30-57-28-26-55-24-21-42(53)46-22-10-4-5-16-43(54)48-37-19-17-34(18-20-37)44-50-40-14-9-8-13-39(40)45(51-44)49-38-32-35-11-6-7-12-36(35)33-38/h6-9,11-14,17-20,38H,2-5,10,15-16,21-33H2,1H3,(H,46,53)(H,47,52)(H,48,54)(H,49,50,51). The quantitative estimate of drug-likeness (QED) is 0.0484. The summed E-state index contributed by atoms with van der Waals surface area (Å²) >= 11 is 0. The van der Waals surface area contributed by atoms with E-state index >= 15 is 0 Å². The first-order chi connectivity index (χ1) is 28.5. The van der Waals surface area contributed by atoms with Crippen LogP contribution in [0.25, 0.3) is 22.3 Å². The number of nitrogens with one attached hydrogen (secondary N) is 4. The lowest BCUT2D eigenvalue weighted by Crippen LogP contribution is -2.27. The predicted octanol–water partition coefficient (Wildman–Crippen LogP) is 6.25. The molecule has 0 unspecified atom stereocenters. The normalized spacial score (nSPS) is 12.4. The molecule has 4 N–H and O–H groups in total. The number of unbranched alkanes of at least 4 members (excludes halogenated alkanes) is 3. The van der Waals surface area contributed by atoms with Gasteiger partial charge in [0.1, 0.15) is 5.82 Å². The Kier molecular flexibility index (Phi) is 19.4. The number of amides is 3. The second-order valence-corrected chi connectivity index (χ2v) is 14.4. The van der Waals surface area contributed by atoms with Gasteiger partial charge in [-0.05, 0) is 79.6 Å². The van der Waals surface area contributed by atoms with Crippen molar-refractivity contribution in [1.82, 2.24) is 20.6 Å². The Morgan fingerprint density at radius 3 is 1.91 bits per heavy atom. The number of aromatic nitrogens is 2. The molecule has 1 heterocycles. The van der Waals surface area contributed by atoms with Crippen LogP contribution in [-0.2, 0) is 46.2 Å². The number of carbonyl (C=O) groups excluding carboxylic acids is 3. The maximum atomic E-state index is 12.6. The van der Waals surface area contributed by atoms with Crippen LogP contribution in [0.1, 0.15) is 69.4 Å². The monoisotopic (exact) mass is 796 g/mol. The molecule has 1 aliphatic carbocycles. The lowest BCUT2D eigenvalue weighted by molar-refractivity contribution is -0.122. The lowest BCUT2D eigenvalue weighted by Gasteiger charge is -2.16. The second kappa shape index (κ2) is 25.4. The third-order valence-electron chi connectivity index (χ3n) is 9.74. The smallest absolute Gasteiger partial charge is 0.224 e. The van der Waals surface area contributed by atoms with Crippen molar-refractivity contribution in [2.75, 3.05) is 76.6 Å². The van der Waals surface area contributed by atoms with Crippen LogP contribution in [0.15, 0.2) is 72.8 Å². The first-order valence-electron chi connectivity index (χ1n) is 20.8. The molecule has 0 bridgehead atoms. The van der Waals surface area contributed by atoms with Gasteiger partial charge < -0.3 is 40.2 Å². The molecule has 0 aliphatic heterocycles. The SMILES string of the molecule is CCCCC(=O)NCCOCCOCCOCCOCCC(=O)NCCCCCC(=O)Nc1ccc(-c2nc(NC3Cc4ccccc4C3)c3ccccc3n2)cc1. The van der Waals surface area contributed by atoms with Crippen molar-refractivity contribution >= 4 is 40.1 Å². The van der Waals surface area contributed by atoms with E-state index in [0.29, 0.717) is 84.6 Å². The van der Waals surface area contributed by atoms with E-state index in [-0.39, 0.29) is 30.2 Å². The number of carbonyl (C=O) groups is 3. The van der Waals surface area contributed by atoms with Crippen LogP contribution < -0.4 is 21.3 Å². The number of hydrogen-bond acceptors (Lipinski definition) is 10. The van der Waals surface area contributed by atoms with Crippen LogP contribution in [0.2, 0.25) is 0 Å². The highest BCUT2D eigenvalue weighted by Crippen LogP contribution is 2.29. The maximum Gasteiger partial charge on any atom is 0.224 e. The zero-order valence-electron chi connectivity index (χ0n) is 33.9. The van der Waals surface area contributed by atoms with Gasteiger partial charge in [-0.15, -0.1) is 0 Å². The molecule has 1 aromatic heterocycles. The summed E-state index contributed by atoms with van der Waals surface area (Å²) in [6, 6.07) is 24.6. The number of hydrogen-bond donors (Lipinski definition) is 4. The zero-order valence-corrected chi connectivity index (χ0v) is 33.9. The van der Waals surface area contributed by atoms with Gasteiger partial charge in [-0.25, -0.2) is 9.97 Å². The fraction of sp³-hybridized carbons (Fsp3) is 0.489. The molecule has 0 atom stereocenters. The molecule has 5 rings (SSSR count). The summed E-state index contributed by atoms with van der Waals surface area (Å²) in [4.78, 5) is 46.1. The van der Waals surface area contributed by atoms with Crippen molar-refractivity contribution in [3.63, 3.8) is 0 Å². The van der Waals surface area contributed by atoms with Crippen LogP contribution in [0.5, 0.6) is 0 Å². The maximum absolute atomic E-state index is 12.6. The van der Waals surface area contributed by atoms with Gasteiger partial charge in [0.2, 0.25) is 17.7 Å². The van der Waals surface area contributed by atoms with Gasteiger partial charge in [0.25, 0.3) is 0 Å². The molecule has 0 fully saturated rings. The van der Waals surface area contributed by atoms with Crippen LogP contribution in [-0.4, -0.2) is 99.7 Å². The van der Waals surface area contributed by atoms with Crippen LogP contribution in [0, 0.1) is 0 Å². The molecule has 0 saturated heterocycles. The molecule has 0 radical (unpaired) electrons. The van der Waals surface area contributed by atoms with Crippen LogP contribution in [0.3, 0.4) is 0 Å². The zero-order chi connectivity index (χ0) is 40.6. The highest BCUT2D eigenvalue weighted by molar-refractivity contribution is 5.92. The van der Waals surface area contributed by atoms with E-state index in [9.17, 15) is 14.4 Å². The first kappa shape index (κ1) is 44.2. The van der Waals surface area contributed by atoms with E-state index in [0.717, 1.165) is 72.9 Å². The molecule has 13 nitrogen and oxygen atoms in total. The van der Waals surface area contributed by atoms with Gasteiger partial charge in [-0.1, -0.05) is 56.2 Å². The van der Waals surface area contributed by atoms with Crippen LogP contribution >= 0.6 is 0 Å². The van der Waals surface area contributed by atoms with Gasteiger partial charge in [-0.2, -0.15) is 0 Å². The van der Waals surface area contributed by atoms with Gasteiger partial charge in [0, 0.05) is 55.0 Å². The Balaban J connectivity index is 0.858. The molecule has 0 spiro atoms. The molecular weight excluding hydrogens is 737 g/mol. The van der Waals surface area contributed by atoms with Crippen molar-refractivity contribution in [2.24, 2.45) is 0 Å². The molecular formula is C45H60N6O7. The molecule has 58 heavy (non-hydrogen) atoms. The first-order valence-corrected chi connectivity index (χ1v) is 20.8. The van der Waals surface area contributed by atoms with Crippen molar-refractivity contribution in [3.05, 3.63) is 83.9 Å². The van der Waals surface area contributed by atoms with Crippen molar-refractivity contribution < 1.29 is 33.3 Å². The van der Waals surface area contributed by atoms with Crippen LogP contribution in [0.4, 0.5) is 11.5 Å². The Morgan fingerprint density at radius 2 is 1.21 bits per heavy atom. The van der Waals surface area contributed by atoms with Crippen molar-refractivity contribution in [3.8, 4) is 11.4 Å². The predicted molar refractivity (Wildman–Crippen MR) is 227 cm³/mol. The Labute approximate surface area is 342 Å². The number of anilines is 2. The van der Waals surface area contributed by atoms with Crippen molar-refractivity contribution in [2.45, 2.75) is 77.2 Å². The van der Waals surface area contributed by atoms with Gasteiger partial charge in [-0.3, -0.25) is 14.4 Å². The minimum absolute atomic E-state index is 0.0430. The highest BCUT2D eigenvalue weighted by Gasteiger charge is 2.22. The number of benzene rings is 3. The summed E-state index contributed by atoms with van der Waals surface area (Å²) < 4.78 is 21.9. The summed E-state index contributed by atoms with van der Waals surface area (Å²) in [5, 5.41) is 13.4. The van der Waals surface area contributed by atoms with E-state index in [2.05, 4.69) is 58.5 Å². The minimum atomic E-state index is -0.0574. The molecule has 3 amide bonds. The number of rotatable bonds is 28. The number of fused-ring (bicyclic) bond motifs is 2. The van der Waals surface area contributed by atoms with E-state index in [1.807, 2.05) is 42.5 Å². The molecule has 312 valence electrons. The average Bonchev–Trinajstić information content (AvgIpc) is 3.65. The Morgan fingerprint density at radius 1 is 0.603 bits per heavy atom. The topological polar surface area (TPSA) is 162 Å². The van der Waals surface area contributed by atoms with Crippen molar-refractivity contribution in [1.29, 1.82) is 0 Å². The largest absolute Gasteiger partial charge is 0.379 e. The summed E-state index contributed by atoms with van der Waals surface area (Å²) in [5.41, 5.74) is 5.24. The molecule has 0 saturated carbocycles. The second-order valence-electron chi connectivity index (χ2n) is 14.4. The number of ether oxygens (including phenoxy) is 4. The molecule has 3 aromatic carbocycles. The van der Waals surface area contributed by atoms with E-state index in [4.69, 9.17) is 28.9 Å². The van der Waals surface area contributed by atoms with Gasteiger partial charge in [0.05, 0.1) is 58.4 Å². The molecule has 1 aliphatic rings. The summed E-state index contributed by atoms with van der Waals surface area (Å²) in [6.45, 7) is 6.59. The average molecular weight is 797 g/mol. The Bertz CT molecular complexity index is 1830. The summed E-state index contributed by atoms with van der Waals surface area (Å²) in [7, 11) is 0. The lowest BCUT2D eigenvalue weighted by atomic mass is 10.1. The molecule has 4 aromatic rings. The minimum Gasteiger partial charge on any atom is -0.379 e.